The lowest BCUT2D eigenvalue weighted by Crippen LogP contribution is -2.47. The molecule has 1 aliphatic rings. The SMILES string of the molecule is CCOC1CCN(C(=NC)NCCc2cc(OC)ccc2OC)CC1. The van der Waals surface area contributed by atoms with Crippen molar-refractivity contribution in [2.24, 2.45) is 4.99 Å². The van der Waals surface area contributed by atoms with Crippen LogP contribution in [0.2, 0.25) is 0 Å². The third-order valence-electron chi connectivity index (χ3n) is 4.52. The lowest BCUT2D eigenvalue weighted by atomic mass is 10.1. The molecule has 0 atom stereocenters. The average Bonchev–Trinajstić information content (AvgIpc) is 2.66. The molecule has 6 heteroatoms. The molecule has 1 aromatic rings. The van der Waals surface area contributed by atoms with Crippen molar-refractivity contribution in [3.63, 3.8) is 0 Å². The summed E-state index contributed by atoms with van der Waals surface area (Å²) in [5, 5.41) is 3.46. The first-order valence-corrected chi connectivity index (χ1v) is 8.99. The van der Waals surface area contributed by atoms with E-state index >= 15 is 0 Å². The second-order valence-electron chi connectivity index (χ2n) is 6.04. The Labute approximate surface area is 151 Å². The van der Waals surface area contributed by atoms with Crippen molar-refractivity contribution in [1.82, 2.24) is 10.2 Å². The van der Waals surface area contributed by atoms with Crippen molar-refractivity contribution in [1.29, 1.82) is 0 Å². The fraction of sp³-hybridized carbons (Fsp3) is 0.632. The summed E-state index contributed by atoms with van der Waals surface area (Å²) in [6.07, 6.45) is 3.34. The van der Waals surface area contributed by atoms with Crippen LogP contribution in [0.1, 0.15) is 25.3 Å². The molecule has 0 aliphatic carbocycles. The molecular weight excluding hydrogens is 318 g/mol. The first kappa shape index (κ1) is 19.4. The minimum absolute atomic E-state index is 0.389. The lowest BCUT2D eigenvalue weighted by molar-refractivity contribution is 0.0264. The zero-order valence-corrected chi connectivity index (χ0v) is 15.9. The normalized spacial score (nSPS) is 16.0. The van der Waals surface area contributed by atoms with E-state index in [4.69, 9.17) is 14.2 Å². The summed E-state index contributed by atoms with van der Waals surface area (Å²) in [4.78, 5) is 6.73. The zero-order chi connectivity index (χ0) is 18.1. The number of hydrogen-bond donors (Lipinski definition) is 1. The number of guanidine groups is 1. The highest BCUT2D eigenvalue weighted by Gasteiger charge is 2.21. The third-order valence-corrected chi connectivity index (χ3v) is 4.52. The maximum Gasteiger partial charge on any atom is 0.193 e. The molecule has 0 radical (unpaired) electrons. The molecule has 0 spiro atoms. The molecular formula is C19H31N3O3. The average molecular weight is 349 g/mol. The van der Waals surface area contributed by atoms with Crippen molar-refractivity contribution in [3.05, 3.63) is 23.8 Å². The summed E-state index contributed by atoms with van der Waals surface area (Å²) in [5.41, 5.74) is 1.12. The monoisotopic (exact) mass is 349 g/mol. The van der Waals surface area contributed by atoms with Gasteiger partial charge in [0.1, 0.15) is 11.5 Å². The molecule has 1 aromatic carbocycles. The number of piperidine rings is 1. The Hall–Kier alpha value is -1.95. The molecule has 1 heterocycles. The van der Waals surface area contributed by atoms with E-state index in [1.807, 2.05) is 25.2 Å². The second kappa shape index (κ2) is 10.1. The molecule has 0 unspecified atom stereocenters. The highest BCUT2D eigenvalue weighted by atomic mass is 16.5. The molecule has 6 nitrogen and oxygen atoms in total. The number of methoxy groups -OCH3 is 2. The van der Waals surface area contributed by atoms with Crippen LogP contribution in [0.3, 0.4) is 0 Å². The van der Waals surface area contributed by atoms with E-state index in [1.165, 1.54) is 0 Å². The molecule has 25 heavy (non-hydrogen) atoms. The largest absolute Gasteiger partial charge is 0.497 e. The van der Waals surface area contributed by atoms with Crippen LogP contribution >= 0.6 is 0 Å². The summed E-state index contributed by atoms with van der Waals surface area (Å²) >= 11 is 0. The summed E-state index contributed by atoms with van der Waals surface area (Å²) in [6.45, 7) is 5.60. The predicted octanol–water partition coefficient (Wildman–Crippen LogP) is 2.32. The summed E-state index contributed by atoms with van der Waals surface area (Å²) < 4.78 is 16.5. The van der Waals surface area contributed by atoms with Crippen molar-refractivity contribution in [2.45, 2.75) is 32.3 Å². The maximum atomic E-state index is 5.72. The van der Waals surface area contributed by atoms with Crippen molar-refractivity contribution < 1.29 is 14.2 Å². The second-order valence-corrected chi connectivity index (χ2v) is 6.04. The smallest absolute Gasteiger partial charge is 0.193 e. The standard InChI is InChI=1S/C19H31N3O3/c1-5-25-16-9-12-22(13-10-16)19(20-2)21-11-8-15-14-17(23-3)6-7-18(15)24-4/h6-7,14,16H,5,8-13H2,1-4H3,(H,20,21). The van der Waals surface area contributed by atoms with Gasteiger partial charge in [0, 0.05) is 33.3 Å². The number of nitrogens with zero attached hydrogens (tertiary/aromatic N) is 2. The van der Waals surface area contributed by atoms with Gasteiger partial charge in [-0.15, -0.1) is 0 Å². The number of benzene rings is 1. The Morgan fingerprint density at radius 1 is 1.24 bits per heavy atom. The molecule has 1 saturated heterocycles. The van der Waals surface area contributed by atoms with Crippen LogP contribution in [0.15, 0.2) is 23.2 Å². The highest BCUT2D eigenvalue weighted by Crippen LogP contribution is 2.24. The van der Waals surface area contributed by atoms with Crippen LogP contribution in [-0.2, 0) is 11.2 Å². The molecule has 2 rings (SSSR count). The van der Waals surface area contributed by atoms with Crippen LogP contribution in [-0.4, -0.2) is 64.5 Å². The summed E-state index contributed by atoms with van der Waals surface area (Å²) in [5.74, 6) is 2.69. The van der Waals surface area contributed by atoms with Gasteiger partial charge in [0.2, 0.25) is 0 Å². The number of aliphatic imine (C=N–C) groups is 1. The fourth-order valence-corrected chi connectivity index (χ4v) is 3.19. The minimum Gasteiger partial charge on any atom is -0.497 e. The topological polar surface area (TPSA) is 55.3 Å². The number of rotatable bonds is 7. The van der Waals surface area contributed by atoms with E-state index in [-0.39, 0.29) is 0 Å². The molecule has 1 fully saturated rings. The molecule has 0 amide bonds. The van der Waals surface area contributed by atoms with Gasteiger partial charge in [0.25, 0.3) is 0 Å². The van der Waals surface area contributed by atoms with E-state index in [0.717, 1.165) is 68.5 Å². The van der Waals surface area contributed by atoms with Gasteiger partial charge in [-0.05, 0) is 49.9 Å². The first-order chi connectivity index (χ1) is 12.2. The van der Waals surface area contributed by atoms with Gasteiger partial charge < -0.3 is 24.4 Å². The van der Waals surface area contributed by atoms with Gasteiger partial charge in [-0.2, -0.15) is 0 Å². The van der Waals surface area contributed by atoms with E-state index < -0.39 is 0 Å². The minimum atomic E-state index is 0.389. The first-order valence-electron chi connectivity index (χ1n) is 8.99. The van der Waals surface area contributed by atoms with Gasteiger partial charge in [-0.3, -0.25) is 4.99 Å². The van der Waals surface area contributed by atoms with Crippen LogP contribution in [0.25, 0.3) is 0 Å². The van der Waals surface area contributed by atoms with Crippen molar-refractivity contribution in [2.75, 3.05) is 47.5 Å². The van der Waals surface area contributed by atoms with Gasteiger partial charge in [0.05, 0.1) is 20.3 Å². The molecule has 0 aromatic heterocycles. The van der Waals surface area contributed by atoms with E-state index in [1.54, 1.807) is 14.2 Å². The third kappa shape index (κ3) is 5.53. The Morgan fingerprint density at radius 3 is 2.60 bits per heavy atom. The number of likely N-dealkylation sites (tertiary alicyclic amines) is 1. The van der Waals surface area contributed by atoms with Crippen LogP contribution in [0, 0.1) is 0 Å². The number of ether oxygens (including phenoxy) is 3. The Morgan fingerprint density at radius 2 is 2.00 bits per heavy atom. The molecule has 0 bridgehead atoms. The molecule has 0 saturated carbocycles. The molecule has 140 valence electrons. The molecule has 1 aliphatic heterocycles. The van der Waals surface area contributed by atoms with Crippen molar-refractivity contribution in [3.8, 4) is 11.5 Å². The fourth-order valence-electron chi connectivity index (χ4n) is 3.19. The lowest BCUT2D eigenvalue weighted by Gasteiger charge is -2.34. The van der Waals surface area contributed by atoms with E-state index in [2.05, 4.69) is 22.1 Å². The quantitative estimate of drug-likeness (QED) is 0.605. The Bertz CT molecular complexity index is 555. The predicted molar refractivity (Wildman–Crippen MR) is 101 cm³/mol. The summed E-state index contributed by atoms with van der Waals surface area (Å²) in [6, 6.07) is 5.88. The van der Waals surface area contributed by atoms with Gasteiger partial charge >= 0.3 is 0 Å². The van der Waals surface area contributed by atoms with Gasteiger partial charge in [-0.1, -0.05) is 0 Å². The zero-order valence-electron chi connectivity index (χ0n) is 15.9. The Kier molecular flexibility index (Phi) is 7.85. The number of nitrogens with one attached hydrogen (secondary N) is 1. The summed E-state index contributed by atoms with van der Waals surface area (Å²) in [7, 11) is 5.21. The van der Waals surface area contributed by atoms with Gasteiger partial charge in [-0.25, -0.2) is 0 Å². The highest BCUT2D eigenvalue weighted by molar-refractivity contribution is 5.80. The van der Waals surface area contributed by atoms with Crippen LogP contribution in [0.4, 0.5) is 0 Å². The van der Waals surface area contributed by atoms with Gasteiger partial charge in [0.15, 0.2) is 5.96 Å². The Balaban J connectivity index is 1.86. The van der Waals surface area contributed by atoms with E-state index in [9.17, 15) is 0 Å². The van der Waals surface area contributed by atoms with E-state index in [0.29, 0.717) is 6.10 Å². The van der Waals surface area contributed by atoms with Crippen molar-refractivity contribution >= 4 is 5.96 Å². The maximum absolute atomic E-state index is 5.72. The van der Waals surface area contributed by atoms with Crippen LogP contribution in [0.5, 0.6) is 11.5 Å². The molecule has 1 N–H and O–H groups in total. The number of hydrogen-bond acceptors (Lipinski definition) is 4. The van der Waals surface area contributed by atoms with Crippen LogP contribution < -0.4 is 14.8 Å².